The van der Waals surface area contributed by atoms with Crippen LogP contribution in [0.5, 0.6) is 0 Å². The average Bonchev–Trinajstić information content (AvgIpc) is 2.54. The summed E-state index contributed by atoms with van der Waals surface area (Å²) in [5, 5.41) is 36.8. The van der Waals surface area contributed by atoms with Crippen molar-refractivity contribution < 1.29 is 39.6 Å². The Hall–Kier alpha value is -2.92. The molecule has 12 heteroatoms. The summed E-state index contributed by atoms with van der Waals surface area (Å²) in [6.45, 7) is 0.0261. The van der Waals surface area contributed by atoms with E-state index in [-0.39, 0.29) is 65.2 Å². The molecule has 0 aromatic rings. The van der Waals surface area contributed by atoms with Gasteiger partial charge in [-0.15, -0.1) is 0 Å². The lowest BCUT2D eigenvalue weighted by Gasteiger charge is -2.28. The number of carbonyl (C=O) groups is 4. The maximum Gasteiger partial charge on any atom is 0.407 e. The Kier molecular flexibility index (Phi) is 8.25. The molecule has 0 aliphatic carbocycles. The Morgan fingerprint density at radius 1 is 0.423 bits per heavy atom. The first kappa shape index (κ1) is 21.1. The molecule has 148 valence electrons. The highest BCUT2D eigenvalue weighted by Gasteiger charge is 2.21. The maximum absolute atomic E-state index is 11.3. The van der Waals surface area contributed by atoms with E-state index < -0.39 is 24.4 Å². The normalized spacial score (nSPS) is 18.2. The Labute approximate surface area is 149 Å². The molecular weight excluding hydrogens is 352 g/mol. The van der Waals surface area contributed by atoms with E-state index in [1.165, 1.54) is 0 Å². The standard InChI is InChI=1S/C14H24N4O8/c19-11(20)15-3-1-4-16(12(21)22)8-10-18(14(25)26)6-2-5-17(9-7-15)13(23)24/h1-10H2,(H,19,20)(H,21,22)(H,23,24)(H,25,26). The van der Waals surface area contributed by atoms with E-state index in [2.05, 4.69) is 0 Å². The second-order valence-corrected chi connectivity index (χ2v) is 5.79. The van der Waals surface area contributed by atoms with Crippen molar-refractivity contribution in [2.24, 2.45) is 0 Å². The Bertz CT molecular complexity index is 439. The molecule has 0 aromatic carbocycles. The highest BCUT2D eigenvalue weighted by molar-refractivity contribution is 5.67. The smallest absolute Gasteiger partial charge is 0.407 e. The fourth-order valence-corrected chi connectivity index (χ4v) is 2.60. The Balaban J connectivity index is 2.86. The third kappa shape index (κ3) is 6.91. The molecule has 1 saturated heterocycles. The highest BCUT2D eigenvalue weighted by Crippen LogP contribution is 2.04. The van der Waals surface area contributed by atoms with Crippen molar-refractivity contribution in [1.82, 2.24) is 19.6 Å². The van der Waals surface area contributed by atoms with Crippen molar-refractivity contribution in [3.8, 4) is 0 Å². The minimum Gasteiger partial charge on any atom is -0.465 e. The summed E-state index contributed by atoms with van der Waals surface area (Å²) in [4.78, 5) is 49.2. The number of carboxylic acid groups (broad SMARTS) is 4. The average molecular weight is 376 g/mol. The van der Waals surface area contributed by atoms with Gasteiger partial charge in [-0.25, -0.2) is 19.2 Å². The number of amides is 4. The molecule has 4 N–H and O–H groups in total. The Morgan fingerprint density at radius 2 is 0.615 bits per heavy atom. The summed E-state index contributed by atoms with van der Waals surface area (Å²) in [6.07, 6.45) is -4.39. The molecule has 0 radical (unpaired) electrons. The fraction of sp³-hybridized carbons (Fsp3) is 0.714. The minimum absolute atomic E-state index is 0.0443. The molecule has 0 saturated carbocycles. The molecule has 1 aliphatic rings. The van der Waals surface area contributed by atoms with Gasteiger partial charge in [-0.3, -0.25) is 0 Å². The van der Waals surface area contributed by atoms with E-state index >= 15 is 0 Å². The van der Waals surface area contributed by atoms with Gasteiger partial charge >= 0.3 is 24.4 Å². The topological polar surface area (TPSA) is 162 Å². The first-order valence-corrected chi connectivity index (χ1v) is 8.14. The van der Waals surface area contributed by atoms with Gasteiger partial charge in [-0.1, -0.05) is 0 Å². The van der Waals surface area contributed by atoms with Crippen LogP contribution in [0.3, 0.4) is 0 Å². The second-order valence-electron chi connectivity index (χ2n) is 5.79. The zero-order valence-corrected chi connectivity index (χ0v) is 14.3. The molecule has 4 amide bonds. The van der Waals surface area contributed by atoms with Crippen molar-refractivity contribution in [2.45, 2.75) is 12.8 Å². The molecular formula is C14H24N4O8. The molecule has 0 aromatic heterocycles. The van der Waals surface area contributed by atoms with Crippen LogP contribution >= 0.6 is 0 Å². The predicted molar refractivity (Wildman–Crippen MR) is 87.6 cm³/mol. The van der Waals surface area contributed by atoms with Crippen LogP contribution in [-0.2, 0) is 0 Å². The number of nitrogens with zero attached hydrogens (tertiary/aromatic N) is 4. The molecule has 1 aliphatic heterocycles. The zero-order valence-electron chi connectivity index (χ0n) is 14.3. The third-order valence-corrected chi connectivity index (χ3v) is 4.07. The lowest BCUT2D eigenvalue weighted by atomic mass is 10.3. The van der Waals surface area contributed by atoms with E-state index in [9.17, 15) is 39.6 Å². The van der Waals surface area contributed by atoms with E-state index in [0.29, 0.717) is 0 Å². The van der Waals surface area contributed by atoms with Gasteiger partial charge in [0.25, 0.3) is 0 Å². The fourth-order valence-electron chi connectivity index (χ4n) is 2.60. The summed E-state index contributed by atoms with van der Waals surface area (Å²) in [5.74, 6) is 0. The molecule has 1 rings (SSSR count). The van der Waals surface area contributed by atoms with E-state index in [4.69, 9.17) is 0 Å². The minimum atomic E-state index is -1.21. The highest BCUT2D eigenvalue weighted by atomic mass is 16.4. The summed E-state index contributed by atoms with van der Waals surface area (Å²) in [7, 11) is 0. The van der Waals surface area contributed by atoms with Crippen molar-refractivity contribution >= 4 is 24.4 Å². The summed E-state index contributed by atoms with van der Waals surface area (Å²) in [5.41, 5.74) is 0. The second kappa shape index (κ2) is 10.2. The van der Waals surface area contributed by atoms with Crippen LogP contribution in [-0.4, -0.2) is 117 Å². The molecule has 12 nitrogen and oxygen atoms in total. The van der Waals surface area contributed by atoms with Crippen molar-refractivity contribution in [1.29, 1.82) is 0 Å². The maximum atomic E-state index is 11.3. The van der Waals surface area contributed by atoms with Crippen LogP contribution in [0.2, 0.25) is 0 Å². The van der Waals surface area contributed by atoms with Gasteiger partial charge in [0.1, 0.15) is 0 Å². The van der Waals surface area contributed by atoms with Gasteiger partial charge in [0, 0.05) is 52.4 Å². The molecule has 0 spiro atoms. The lowest BCUT2D eigenvalue weighted by Crippen LogP contribution is -2.45. The van der Waals surface area contributed by atoms with Gasteiger partial charge in [-0.05, 0) is 12.8 Å². The van der Waals surface area contributed by atoms with Gasteiger partial charge in [-0.2, -0.15) is 0 Å². The monoisotopic (exact) mass is 376 g/mol. The summed E-state index contributed by atoms with van der Waals surface area (Å²) >= 11 is 0. The number of hydrogen-bond acceptors (Lipinski definition) is 4. The van der Waals surface area contributed by atoms with Crippen LogP contribution in [0.15, 0.2) is 0 Å². The predicted octanol–water partition coefficient (Wildman–Crippen LogP) is 0.700. The molecule has 26 heavy (non-hydrogen) atoms. The van der Waals surface area contributed by atoms with Crippen molar-refractivity contribution in [3.63, 3.8) is 0 Å². The third-order valence-electron chi connectivity index (χ3n) is 4.07. The van der Waals surface area contributed by atoms with Gasteiger partial charge in [0.05, 0.1) is 0 Å². The van der Waals surface area contributed by atoms with Gasteiger partial charge < -0.3 is 40.0 Å². The number of hydrogen-bond donors (Lipinski definition) is 4. The lowest BCUT2D eigenvalue weighted by molar-refractivity contribution is 0.106. The van der Waals surface area contributed by atoms with Crippen LogP contribution < -0.4 is 0 Å². The van der Waals surface area contributed by atoms with E-state index in [1.807, 2.05) is 0 Å². The molecule has 1 heterocycles. The quantitative estimate of drug-likeness (QED) is 0.480. The van der Waals surface area contributed by atoms with Gasteiger partial charge in [0.2, 0.25) is 0 Å². The molecule has 0 unspecified atom stereocenters. The number of rotatable bonds is 0. The van der Waals surface area contributed by atoms with Crippen LogP contribution in [0.4, 0.5) is 19.2 Å². The Morgan fingerprint density at radius 3 is 0.769 bits per heavy atom. The SMILES string of the molecule is O=C(O)N1CCCN(C(=O)O)CCN(C(=O)O)CCCN(C(=O)O)CC1. The van der Waals surface area contributed by atoms with Crippen LogP contribution in [0, 0.1) is 0 Å². The molecule has 0 atom stereocenters. The van der Waals surface area contributed by atoms with E-state index in [1.54, 1.807) is 0 Å². The summed E-state index contributed by atoms with van der Waals surface area (Å²) in [6, 6.07) is 0. The largest absolute Gasteiger partial charge is 0.465 e. The molecule has 1 fully saturated rings. The van der Waals surface area contributed by atoms with Crippen LogP contribution in [0.1, 0.15) is 12.8 Å². The first-order valence-electron chi connectivity index (χ1n) is 8.14. The molecule has 0 bridgehead atoms. The van der Waals surface area contributed by atoms with Crippen molar-refractivity contribution in [2.75, 3.05) is 52.4 Å². The van der Waals surface area contributed by atoms with Crippen LogP contribution in [0.25, 0.3) is 0 Å². The first-order chi connectivity index (χ1) is 12.2. The summed E-state index contributed by atoms with van der Waals surface area (Å²) < 4.78 is 0. The van der Waals surface area contributed by atoms with Crippen molar-refractivity contribution in [3.05, 3.63) is 0 Å². The van der Waals surface area contributed by atoms with E-state index in [0.717, 1.165) is 19.6 Å². The van der Waals surface area contributed by atoms with Gasteiger partial charge in [0.15, 0.2) is 0 Å². The zero-order chi connectivity index (χ0) is 19.7.